The number of ether oxygens (including phenoxy) is 2. The molecule has 0 aromatic heterocycles. The fraction of sp³-hybridized carbons (Fsp3) is 0.500. The van der Waals surface area contributed by atoms with Gasteiger partial charge in [-0.05, 0) is 60.1 Å². The molecule has 2 aliphatic rings. The van der Waals surface area contributed by atoms with Gasteiger partial charge in [-0.3, -0.25) is 14.5 Å². The predicted octanol–water partition coefficient (Wildman–Crippen LogP) is 5.23. The van der Waals surface area contributed by atoms with E-state index in [4.69, 9.17) is 9.47 Å². The smallest absolute Gasteiger partial charge is 0.295 e. The van der Waals surface area contributed by atoms with E-state index in [-0.39, 0.29) is 16.7 Å². The number of rotatable bonds is 9. The third kappa shape index (κ3) is 6.53. The van der Waals surface area contributed by atoms with Gasteiger partial charge in [0.2, 0.25) is 0 Å². The third-order valence-corrected chi connectivity index (χ3v) is 7.52. The molecule has 4 rings (SSSR count). The molecule has 7 heteroatoms. The van der Waals surface area contributed by atoms with E-state index in [9.17, 15) is 14.7 Å². The number of hydrogen-bond acceptors (Lipinski definition) is 6. The second-order valence-corrected chi connectivity index (χ2v) is 11.5. The van der Waals surface area contributed by atoms with Gasteiger partial charge in [0.1, 0.15) is 11.5 Å². The number of amides is 1. The van der Waals surface area contributed by atoms with Crippen LogP contribution in [-0.4, -0.2) is 72.6 Å². The van der Waals surface area contributed by atoms with Gasteiger partial charge in [0.15, 0.2) is 0 Å². The highest BCUT2D eigenvalue weighted by Crippen LogP contribution is 2.40. The molecule has 1 unspecified atom stereocenters. The van der Waals surface area contributed by atoms with Gasteiger partial charge in [0.05, 0.1) is 31.4 Å². The van der Waals surface area contributed by atoms with Crippen LogP contribution in [0.4, 0.5) is 0 Å². The van der Waals surface area contributed by atoms with Crippen molar-refractivity contribution in [1.82, 2.24) is 9.80 Å². The fourth-order valence-corrected chi connectivity index (χ4v) is 5.24. The molecule has 0 bridgehead atoms. The number of ketones is 1. The van der Waals surface area contributed by atoms with Gasteiger partial charge in [0, 0.05) is 31.7 Å². The van der Waals surface area contributed by atoms with Gasteiger partial charge >= 0.3 is 0 Å². The van der Waals surface area contributed by atoms with Gasteiger partial charge in [-0.25, -0.2) is 0 Å². The lowest BCUT2D eigenvalue weighted by Gasteiger charge is -2.29. The average Bonchev–Trinajstić information content (AvgIpc) is 3.17. The highest BCUT2D eigenvalue weighted by molar-refractivity contribution is 6.46. The summed E-state index contributed by atoms with van der Waals surface area (Å²) in [6.07, 6.45) is 1.62. The number of aliphatic hydroxyl groups is 1. The molecule has 39 heavy (non-hydrogen) atoms. The van der Waals surface area contributed by atoms with Gasteiger partial charge in [-0.1, -0.05) is 52.0 Å². The number of aliphatic hydroxyl groups excluding tert-OH is 1. The molecule has 2 aromatic carbocycles. The first-order valence-corrected chi connectivity index (χ1v) is 14.0. The molecule has 2 fully saturated rings. The largest absolute Gasteiger partial charge is 0.507 e. The minimum atomic E-state index is -0.653. The van der Waals surface area contributed by atoms with Crippen molar-refractivity contribution in [3.05, 3.63) is 70.3 Å². The summed E-state index contributed by atoms with van der Waals surface area (Å²) < 4.78 is 11.2. The highest BCUT2D eigenvalue weighted by Gasteiger charge is 2.46. The third-order valence-electron chi connectivity index (χ3n) is 7.52. The van der Waals surface area contributed by atoms with E-state index >= 15 is 0 Å². The van der Waals surface area contributed by atoms with Crippen LogP contribution in [0.2, 0.25) is 0 Å². The van der Waals surface area contributed by atoms with E-state index in [1.165, 1.54) is 0 Å². The number of Topliss-reactive ketones (excluding diaryl/α,β-unsaturated/α-hetero) is 1. The number of benzene rings is 2. The van der Waals surface area contributed by atoms with Crippen LogP contribution in [0.25, 0.3) is 5.76 Å². The lowest BCUT2D eigenvalue weighted by Crippen LogP contribution is -2.39. The molecular weight excluding hydrogens is 492 g/mol. The van der Waals surface area contributed by atoms with E-state index in [1.807, 2.05) is 50.2 Å². The van der Waals surface area contributed by atoms with Crippen molar-refractivity contribution in [2.75, 3.05) is 46.0 Å². The zero-order valence-electron chi connectivity index (χ0n) is 24.0. The van der Waals surface area contributed by atoms with Crippen LogP contribution in [0.3, 0.4) is 0 Å². The van der Waals surface area contributed by atoms with Crippen molar-refractivity contribution >= 4 is 17.4 Å². The van der Waals surface area contributed by atoms with Crippen molar-refractivity contribution in [3.63, 3.8) is 0 Å². The summed E-state index contributed by atoms with van der Waals surface area (Å²) >= 11 is 0. The first-order chi connectivity index (χ1) is 18.6. The minimum absolute atomic E-state index is 0.0301. The predicted molar refractivity (Wildman–Crippen MR) is 153 cm³/mol. The van der Waals surface area contributed by atoms with Crippen molar-refractivity contribution in [3.8, 4) is 5.75 Å². The van der Waals surface area contributed by atoms with Crippen LogP contribution < -0.4 is 4.74 Å². The van der Waals surface area contributed by atoms with Crippen LogP contribution in [0, 0.1) is 6.92 Å². The summed E-state index contributed by atoms with van der Waals surface area (Å²) in [4.78, 5) is 30.7. The molecule has 1 atom stereocenters. The standard InChI is InChI=1S/C32H42N2O5/c1-6-18-39-26-13-10-24(21-22(26)2)29(35)27-28(23-8-11-25(12-9-23)32(3,4)5)34(31(37)30(27)36)15-7-14-33-16-19-38-20-17-33/h8-13,21,28,35H,6-7,14-20H2,1-5H3/b29-27-. The van der Waals surface area contributed by atoms with Crippen LogP contribution in [-0.2, 0) is 19.7 Å². The molecule has 0 spiro atoms. The molecule has 210 valence electrons. The minimum Gasteiger partial charge on any atom is -0.507 e. The molecular formula is C32H42N2O5. The molecule has 2 aliphatic heterocycles. The maximum atomic E-state index is 13.4. The summed E-state index contributed by atoms with van der Waals surface area (Å²) in [5.41, 5.74) is 3.44. The quantitative estimate of drug-likeness (QED) is 0.270. The molecule has 0 saturated carbocycles. The number of aryl methyl sites for hydroxylation is 1. The molecule has 2 heterocycles. The van der Waals surface area contributed by atoms with Crippen LogP contribution >= 0.6 is 0 Å². The summed E-state index contributed by atoms with van der Waals surface area (Å²) in [7, 11) is 0. The Kier molecular flexibility index (Phi) is 9.13. The molecule has 0 radical (unpaired) electrons. The van der Waals surface area contributed by atoms with Crippen molar-refractivity contribution in [1.29, 1.82) is 0 Å². The average molecular weight is 535 g/mol. The van der Waals surface area contributed by atoms with Gasteiger partial charge in [0.25, 0.3) is 11.7 Å². The first-order valence-electron chi connectivity index (χ1n) is 14.0. The Balaban J connectivity index is 1.69. The SMILES string of the molecule is CCCOc1ccc(/C(O)=C2/C(=O)C(=O)N(CCCN3CCOCC3)C2c2ccc(C(C)(C)C)cc2)cc1C. The maximum absolute atomic E-state index is 13.4. The lowest BCUT2D eigenvalue weighted by atomic mass is 9.85. The zero-order valence-corrected chi connectivity index (χ0v) is 24.0. The van der Waals surface area contributed by atoms with E-state index in [2.05, 4.69) is 25.7 Å². The lowest BCUT2D eigenvalue weighted by molar-refractivity contribution is -0.140. The van der Waals surface area contributed by atoms with Gasteiger partial charge in [-0.2, -0.15) is 0 Å². The molecule has 1 N–H and O–H groups in total. The number of carbonyl (C=O) groups excluding carboxylic acids is 2. The van der Waals surface area contributed by atoms with E-state index < -0.39 is 17.7 Å². The summed E-state index contributed by atoms with van der Waals surface area (Å²) in [5.74, 6) is -0.624. The van der Waals surface area contributed by atoms with Crippen LogP contribution in [0.15, 0.2) is 48.0 Å². The Labute approximate surface area is 232 Å². The molecule has 2 saturated heterocycles. The van der Waals surface area contributed by atoms with E-state index in [0.717, 1.165) is 54.9 Å². The topological polar surface area (TPSA) is 79.3 Å². The maximum Gasteiger partial charge on any atom is 0.295 e. The first kappa shape index (κ1) is 28.8. The Morgan fingerprint density at radius 2 is 1.74 bits per heavy atom. The van der Waals surface area contributed by atoms with Crippen molar-refractivity contribution in [2.24, 2.45) is 0 Å². The second-order valence-electron chi connectivity index (χ2n) is 11.5. The van der Waals surface area contributed by atoms with Crippen molar-refractivity contribution in [2.45, 2.75) is 58.9 Å². The second kappa shape index (κ2) is 12.3. The number of nitrogens with zero attached hydrogens (tertiary/aromatic N) is 2. The molecule has 0 aliphatic carbocycles. The van der Waals surface area contributed by atoms with E-state index in [1.54, 1.807) is 11.0 Å². The highest BCUT2D eigenvalue weighted by atomic mass is 16.5. The number of hydrogen-bond donors (Lipinski definition) is 1. The Morgan fingerprint density at radius 1 is 1.05 bits per heavy atom. The Morgan fingerprint density at radius 3 is 2.36 bits per heavy atom. The molecule has 7 nitrogen and oxygen atoms in total. The Bertz CT molecular complexity index is 1210. The van der Waals surface area contributed by atoms with E-state index in [0.29, 0.717) is 31.9 Å². The zero-order chi connectivity index (χ0) is 28.2. The monoisotopic (exact) mass is 534 g/mol. The summed E-state index contributed by atoms with van der Waals surface area (Å²) in [5, 5.41) is 11.5. The fourth-order valence-electron chi connectivity index (χ4n) is 5.24. The van der Waals surface area contributed by atoms with Crippen LogP contribution in [0.5, 0.6) is 5.75 Å². The normalized spacial score (nSPS) is 20.0. The number of carbonyl (C=O) groups is 2. The number of morpholine rings is 1. The summed E-state index contributed by atoms with van der Waals surface area (Å²) in [6, 6.07) is 12.8. The van der Waals surface area contributed by atoms with Gasteiger partial charge in [-0.15, -0.1) is 0 Å². The Hall–Kier alpha value is -3.16. The van der Waals surface area contributed by atoms with Crippen LogP contribution in [0.1, 0.15) is 68.8 Å². The summed E-state index contributed by atoms with van der Waals surface area (Å²) in [6.45, 7) is 15.4. The van der Waals surface area contributed by atoms with Crippen molar-refractivity contribution < 1.29 is 24.2 Å². The van der Waals surface area contributed by atoms with Gasteiger partial charge < -0.3 is 19.5 Å². The molecule has 2 aromatic rings. The number of likely N-dealkylation sites (tertiary alicyclic amines) is 1. The molecule has 1 amide bonds.